The Morgan fingerprint density at radius 2 is 2.00 bits per heavy atom. The summed E-state index contributed by atoms with van der Waals surface area (Å²) in [6.45, 7) is 5.69. The van der Waals surface area contributed by atoms with Gasteiger partial charge in [0.05, 0.1) is 6.10 Å². The minimum atomic E-state index is -0.466. The van der Waals surface area contributed by atoms with Gasteiger partial charge >= 0.3 is 0 Å². The van der Waals surface area contributed by atoms with E-state index in [1.165, 1.54) is 6.08 Å². The zero-order chi connectivity index (χ0) is 9.56. The van der Waals surface area contributed by atoms with Crippen LogP contribution in [0.3, 0.4) is 0 Å². The molecule has 0 amide bonds. The molecule has 2 heteroatoms. The van der Waals surface area contributed by atoms with E-state index >= 15 is 0 Å². The van der Waals surface area contributed by atoms with Gasteiger partial charge in [-0.25, -0.2) is 0 Å². The van der Waals surface area contributed by atoms with Gasteiger partial charge in [-0.05, 0) is 33.3 Å². The molecule has 12 heavy (non-hydrogen) atoms. The van der Waals surface area contributed by atoms with Crippen LogP contribution in [0.25, 0.3) is 0 Å². The third-order valence-corrected chi connectivity index (χ3v) is 1.41. The molecule has 0 bridgehead atoms. The first-order valence-electron chi connectivity index (χ1n) is 4.00. The van der Waals surface area contributed by atoms with Crippen LogP contribution in [0, 0.1) is 0 Å². The van der Waals surface area contributed by atoms with Gasteiger partial charge in [-0.2, -0.15) is 0 Å². The van der Waals surface area contributed by atoms with Crippen LogP contribution in [-0.2, 0) is 4.79 Å². The summed E-state index contributed by atoms with van der Waals surface area (Å²) in [7, 11) is 0. The smallest absolute Gasteiger partial charge is 0.142 e. The third kappa shape index (κ3) is 5.86. The zero-order valence-electron chi connectivity index (χ0n) is 7.87. The number of aliphatic hydroxyl groups is 1. The highest BCUT2D eigenvalue weighted by Crippen LogP contribution is 2.06. The molecule has 2 nitrogen and oxygen atoms in total. The van der Waals surface area contributed by atoms with Gasteiger partial charge in [0.1, 0.15) is 6.29 Å². The average Bonchev–Trinajstić information content (AvgIpc) is 1.84. The number of rotatable bonds is 4. The first-order chi connectivity index (χ1) is 5.56. The molecule has 0 aliphatic carbocycles. The summed E-state index contributed by atoms with van der Waals surface area (Å²) in [5, 5.41) is 9.38. The van der Waals surface area contributed by atoms with E-state index in [1.54, 1.807) is 6.08 Å². The van der Waals surface area contributed by atoms with Crippen molar-refractivity contribution in [3.63, 3.8) is 0 Å². The van der Waals surface area contributed by atoms with Crippen LogP contribution >= 0.6 is 0 Å². The Hall–Kier alpha value is -0.890. The second-order valence-electron chi connectivity index (χ2n) is 3.16. The quantitative estimate of drug-likeness (QED) is 0.395. The van der Waals surface area contributed by atoms with E-state index in [-0.39, 0.29) is 0 Å². The summed E-state index contributed by atoms with van der Waals surface area (Å²) in [6, 6.07) is 0. The molecule has 68 valence electrons. The van der Waals surface area contributed by atoms with Crippen molar-refractivity contribution in [2.75, 3.05) is 0 Å². The molecule has 0 spiro atoms. The minimum Gasteiger partial charge on any atom is -0.389 e. The second-order valence-corrected chi connectivity index (χ2v) is 3.16. The van der Waals surface area contributed by atoms with Crippen LogP contribution in [0.2, 0.25) is 0 Å². The predicted molar refractivity (Wildman–Crippen MR) is 49.9 cm³/mol. The molecular formula is C10H16O2. The first kappa shape index (κ1) is 11.1. The number of carbonyl (C=O) groups is 1. The Morgan fingerprint density at radius 3 is 2.42 bits per heavy atom. The lowest BCUT2D eigenvalue weighted by Crippen LogP contribution is -2.03. The van der Waals surface area contributed by atoms with Crippen molar-refractivity contribution in [3.8, 4) is 0 Å². The lowest BCUT2D eigenvalue weighted by Gasteiger charge is -2.05. The van der Waals surface area contributed by atoms with Crippen molar-refractivity contribution in [1.29, 1.82) is 0 Å². The molecule has 0 aliphatic heterocycles. The number of aldehydes is 1. The fourth-order valence-electron chi connectivity index (χ4n) is 0.958. The van der Waals surface area contributed by atoms with Gasteiger partial charge in [-0.1, -0.05) is 17.2 Å². The summed E-state index contributed by atoms with van der Waals surface area (Å²) in [4.78, 5) is 10.0. The van der Waals surface area contributed by atoms with Crippen LogP contribution in [0.1, 0.15) is 27.2 Å². The summed E-state index contributed by atoms with van der Waals surface area (Å²) >= 11 is 0. The number of carbonyl (C=O) groups excluding carboxylic acids is 1. The maximum Gasteiger partial charge on any atom is 0.142 e. The van der Waals surface area contributed by atoms with Gasteiger partial charge in [0.25, 0.3) is 0 Å². The van der Waals surface area contributed by atoms with E-state index in [0.717, 1.165) is 17.4 Å². The summed E-state index contributed by atoms with van der Waals surface area (Å²) in [6.07, 6.45) is 4.06. The normalized spacial score (nSPS) is 13.8. The van der Waals surface area contributed by atoms with E-state index < -0.39 is 6.10 Å². The molecule has 1 atom stereocenters. The first-order valence-corrected chi connectivity index (χ1v) is 4.00. The molecule has 0 saturated heterocycles. The van der Waals surface area contributed by atoms with Crippen LogP contribution in [-0.4, -0.2) is 17.5 Å². The Balaban J connectivity index is 4.00. The highest BCUT2D eigenvalue weighted by molar-refractivity contribution is 5.65. The maximum absolute atomic E-state index is 10.0. The standard InChI is InChI=1S/C10H16O2/c1-8(2)6-10(12)7-9(3)4-5-11/h4-6,10,12H,7H2,1-3H3/b9-4+. The van der Waals surface area contributed by atoms with E-state index in [4.69, 9.17) is 0 Å². The molecule has 0 radical (unpaired) electrons. The number of hydrogen-bond acceptors (Lipinski definition) is 2. The van der Waals surface area contributed by atoms with Crippen molar-refractivity contribution < 1.29 is 9.90 Å². The zero-order valence-corrected chi connectivity index (χ0v) is 7.87. The second kappa shape index (κ2) is 5.72. The van der Waals surface area contributed by atoms with Crippen LogP contribution in [0.4, 0.5) is 0 Å². The fraction of sp³-hybridized carbons (Fsp3) is 0.500. The molecule has 0 aromatic rings. The lowest BCUT2D eigenvalue weighted by atomic mass is 10.1. The molecule has 0 aromatic heterocycles. The van der Waals surface area contributed by atoms with Crippen molar-refractivity contribution >= 4 is 6.29 Å². The minimum absolute atomic E-state index is 0.466. The Kier molecular flexibility index (Phi) is 5.30. The van der Waals surface area contributed by atoms with E-state index in [0.29, 0.717) is 6.42 Å². The van der Waals surface area contributed by atoms with Gasteiger partial charge in [0.15, 0.2) is 0 Å². The summed E-state index contributed by atoms with van der Waals surface area (Å²) in [5.74, 6) is 0. The van der Waals surface area contributed by atoms with E-state index in [2.05, 4.69) is 0 Å². The molecule has 0 aliphatic rings. The van der Waals surface area contributed by atoms with Crippen LogP contribution in [0.5, 0.6) is 0 Å². The fourth-order valence-corrected chi connectivity index (χ4v) is 0.958. The van der Waals surface area contributed by atoms with Gasteiger partial charge in [-0.15, -0.1) is 0 Å². The SMILES string of the molecule is CC(C)=CC(O)C/C(C)=C/C=O. The van der Waals surface area contributed by atoms with Crippen LogP contribution < -0.4 is 0 Å². The number of allylic oxidation sites excluding steroid dienone is 2. The molecule has 0 saturated carbocycles. The van der Waals surface area contributed by atoms with Crippen LogP contribution in [0.15, 0.2) is 23.3 Å². The van der Waals surface area contributed by atoms with E-state index in [9.17, 15) is 9.90 Å². The molecule has 0 rings (SSSR count). The van der Waals surface area contributed by atoms with Crippen molar-refractivity contribution in [2.24, 2.45) is 0 Å². The highest BCUT2D eigenvalue weighted by Gasteiger charge is 1.99. The van der Waals surface area contributed by atoms with Gasteiger partial charge in [0, 0.05) is 0 Å². The largest absolute Gasteiger partial charge is 0.389 e. The average molecular weight is 168 g/mol. The topological polar surface area (TPSA) is 37.3 Å². The molecule has 0 aromatic carbocycles. The Bertz CT molecular complexity index is 198. The molecular weight excluding hydrogens is 152 g/mol. The predicted octanol–water partition coefficient (Wildman–Crippen LogP) is 1.85. The third-order valence-electron chi connectivity index (χ3n) is 1.41. The molecule has 0 fully saturated rings. The monoisotopic (exact) mass is 168 g/mol. The van der Waals surface area contributed by atoms with Gasteiger partial charge in [0.2, 0.25) is 0 Å². The number of aliphatic hydroxyl groups excluding tert-OH is 1. The summed E-state index contributed by atoms with van der Waals surface area (Å²) < 4.78 is 0. The maximum atomic E-state index is 10.0. The van der Waals surface area contributed by atoms with Crippen molar-refractivity contribution in [2.45, 2.75) is 33.3 Å². The van der Waals surface area contributed by atoms with Gasteiger partial charge in [-0.3, -0.25) is 4.79 Å². The lowest BCUT2D eigenvalue weighted by molar-refractivity contribution is -0.104. The van der Waals surface area contributed by atoms with Gasteiger partial charge < -0.3 is 5.11 Å². The Morgan fingerprint density at radius 1 is 1.42 bits per heavy atom. The highest BCUT2D eigenvalue weighted by atomic mass is 16.3. The molecule has 1 unspecified atom stereocenters. The molecule has 1 N–H and O–H groups in total. The van der Waals surface area contributed by atoms with Crippen molar-refractivity contribution in [1.82, 2.24) is 0 Å². The van der Waals surface area contributed by atoms with Crippen molar-refractivity contribution in [3.05, 3.63) is 23.3 Å². The summed E-state index contributed by atoms with van der Waals surface area (Å²) in [5.41, 5.74) is 1.98. The Labute approximate surface area is 73.6 Å². The molecule has 0 heterocycles. The van der Waals surface area contributed by atoms with E-state index in [1.807, 2.05) is 20.8 Å². The number of hydrogen-bond donors (Lipinski definition) is 1.